The highest BCUT2D eigenvalue weighted by molar-refractivity contribution is 6.00. The van der Waals surface area contributed by atoms with Gasteiger partial charge in [-0.3, -0.25) is 0 Å². The maximum Gasteiger partial charge on any atom is 0.119 e. The quantitative estimate of drug-likeness (QED) is 0.0485. The number of ether oxygens (including phenoxy) is 1. The van der Waals surface area contributed by atoms with Crippen LogP contribution in [0.15, 0.2) is 121 Å². The second-order valence-corrected chi connectivity index (χ2v) is 18.1. The number of hydrogen-bond acceptors (Lipinski definition) is 6. The van der Waals surface area contributed by atoms with Gasteiger partial charge in [0.15, 0.2) is 0 Å². The largest absolute Gasteiger partial charge is 0.508 e. The predicted molar refractivity (Wildman–Crippen MR) is 281 cm³/mol. The second kappa shape index (κ2) is 22.0. The number of aromatic hydroxyl groups is 3. The number of aromatic nitrogens is 4. The average molecular weight is 903 g/mol. The lowest BCUT2D eigenvalue weighted by atomic mass is 10.0. The molecule has 68 heavy (non-hydrogen) atoms. The van der Waals surface area contributed by atoms with Crippen LogP contribution in [0.5, 0.6) is 23.0 Å². The van der Waals surface area contributed by atoms with Crippen LogP contribution in [0.1, 0.15) is 120 Å². The number of fused-ring (bicyclic) bond motifs is 8. The summed E-state index contributed by atoms with van der Waals surface area (Å²) in [6.45, 7) is 2.97. The predicted octanol–water partition coefficient (Wildman–Crippen LogP) is 16.3. The van der Waals surface area contributed by atoms with Crippen molar-refractivity contribution in [1.29, 1.82) is 0 Å². The molecule has 7 aromatic rings. The standard InChI is InChI=1S/C60H62N4O4/c1-2-3-4-5-6-7-8-9-10-11-12-13-14-15-37-68-48-27-25-41(26-28-48)57-49-29-31-51(61-49)58(42-19-16-22-45(65)38-42)53-33-35-55(63-53)60(44-21-18-24-47(67)40-44)56-36-34-54(64-56)59(52-32-30-50(57)62-52)43-20-17-23-46(66)39-43/h16-36,38-40,61,64-67H,2-15,37H2,1H3. The molecule has 8 bridgehead atoms. The highest BCUT2D eigenvalue weighted by Crippen LogP contribution is 2.40. The first-order valence-corrected chi connectivity index (χ1v) is 24.7. The van der Waals surface area contributed by atoms with Crippen molar-refractivity contribution >= 4 is 46.4 Å². The van der Waals surface area contributed by atoms with E-state index in [-0.39, 0.29) is 17.2 Å². The molecule has 2 aliphatic heterocycles. The Hall–Kier alpha value is -7.32. The second-order valence-electron chi connectivity index (χ2n) is 18.1. The molecule has 0 radical (unpaired) electrons. The Labute approximate surface area is 399 Å². The van der Waals surface area contributed by atoms with Crippen LogP contribution < -0.4 is 4.74 Å². The van der Waals surface area contributed by atoms with E-state index >= 15 is 0 Å². The van der Waals surface area contributed by atoms with Gasteiger partial charge in [0.25, 0.3) is 0 Å². The molecule has 0 atom stereocenters. The third kappa shape index (κ3) is 10.9. The van der Waals surface area contributed by atoms with Crippen molar-refractivity contribution in [1.82, 2.24) is 19.9 Å². The molecule has 4 aromatic carbocycles. The normalized spacial score (nSPS) is 12.0. The van der Waals surface area contributed by atoms with Crippen molar-refractivity contribution in [2.45, 2.75) is 96.8 Å². The molecule has 0 saturated heterocycles. The number of nitrogens with one attached hydrogen (secondary N) is 2. The summed E-state index contributed by atoms with van der Waals surface area (Å²) in [6, 6.07) is 38.1. The van der Waals surface area contributed by atoms with E-state index in [1.807, 2.05) is 85.0 Å². The van der Waals surface area contributed by atoms with Crippen LogP contribution in [0, 0.1) is 0 Å². The Balaban J connectivity index is 1.07. The fraction of sp³-hybridized carbons (Fsp3) is 0.267. The van der Waals surface area contributed by atoms with E-state index in [1.54, 1.807) is 36.4 Å². The molecule has 346 valence electrons. The molecule has 3 aromatic heterocycles. The first-order chi connectivity index (χ1) is 33.4. The van der Waals surface area contributed by atoms with Gasteiger partial charge in [0.05, 0.1) is 29.4 Å². The molecule has 0 fully saturated rings. The highest BCUT2D eigenvalue weighted by Gasteiger charge is 2.20. The van der Waals surface area contributed by atoms with Crippen molar-refractivity contribution in [2.75, 3.05) is 6.61 Å². The van der Waals surface area contributed by atoms with Crippen LogP contribution in [-0.2, 0) is 0 Å². The first-order valence-electron chi connectivity index (χ1n) is 24.7. The molecule has 0 saturated carbocycles. The topological polar surface area (TPSA) is 127 Å². The van der Waals surface area contributed by atoms with Crippen molar-refractivity contribution in [2.24, 2.45) is 0 Å². The highest BCUT2D eigenvalue weighted by atomic mass is 16.5. The van der Waals surface area contributed by atoms with Crippen LogP contribution in [0.2, 0.25) is 0 Å². The lowest BCUT2D eigenvalue weighted by Crippen LogP contribution is -1.97. The van der Waals surface area contributed by atoms with Crippen LogP contribution in [0.25, 0.3) is 90.9 Å². The van der Waals surface area contributed by atoms with Gasteiger partial charge in [-0.25, -0.2) is 9.97 Å². The molecule has 8 nitrogen and oxygen atoms in total. The molecule has 9 rings (SSSR count). The minimum absolute atomic E-state index is 0.140. The van der Waals surface area contributed by atoms with Gasteiger partial charge in [-0.2, -0.15) is 0 Å². The Kier molecular flexibility index (Phi) is 14.8. The van der Waals surface area contributed by atoms with Gasteiger partial charge in [0.1, 0.15) is 23.0 Å². The van der Waals surface area contributed by atoms with Crippen LogP contribution in [0.3, 0.4) is 0 Å². The van der Waals surface area contributed by atoms with Crippen molar-refractivity contribution in [3.8, 4) is 67.5 Å². The average Bonchev–Trinajstić information content (AvgIpc) is 4.20. The third-order valence-corrected chi connectivity index (χ3v) is 13.1. The summed E-state index contributed by atoms with van der Waals surface area (Å²) in [7, 11) is 0. The number of phenols is 3. The molecule has 5 N–H and O–H groups in total. The SMILES string of the molecule is CCCCCCCCCCCCCCCCOc1ccc(-c2c3nc(c(-c4cccc(O)c4)c4ccc([nH]4)c(-c4cccc(O)c4)c4nc(c(-c5cccc(O)c5)c5ccc2[nH]5)C=C4)C=C3)cc1. The van der Waals surface area contributed by atoms with Gasteiger partial charge in [0.2, 0.25) is 0 Å². The Morgan fingerprint density at radius 1 is 0.382 bits per heavy atom. The number of aromatic amines is 2. The molecular formula is C60H62N4O4. The molecule has 5 heterocycles. The monoisotopic (exact) mass is 902 g/mol. The minimum atomic E-state index is 0.140. The van der Waals surface area contributed by atoms with E-state index in [0.717, 1.165) is 90.1 Å². The minimum Gasteiger partial charge on any atom is -0.508 e. The number of hydrogen-bond donors (Lipinski definition) is 5. The molecule has 0 aliphatic carbocycles. The summed E-state index contributed by atoms with van der Waals surface area (Å²) >= 11 is 0. The van der Waals surface area contributed by atoms with Gasteiger partial charge >= 0.3 is 0 Å². The van der Waals surface area contributed by atoms with Crippen LogP contribution >= 0.6 is 0 Å². The van der Waals surface area contributed by atoms with E-state index in [4.69, 9.17) is 14.7 Å². The summed E-state index contributed by atoms with van der Waals surface area (Å²) in [5, 5.41) is 32.2. The van der Waals surface area contributed by atoms with Crippen molar-refractivity contribution in [3.05, 3.63) is 144 Å². The number of nitrogens with zero attached hydrogens (tertiary/aromatic N) is 2. The first kappa shape index (κ1) is 45.8. The van der Waals surface area contributed by atoms with E-state index in [9.17, 15) is 15.3 Å². The Morgan fingerprint density at radius 2 is 0.721 bits per heavy atom. The molecule has 8 heteroatoms. The lowest BCUT2D eigenvalue weighted by molar-refractivity contribution is 0.304. The number of phenolic OH excluding ortho intramolecular Hbond substituents is 3. The van der Waals surface area contributed by atoms with E-state index in [0.29, 0.717) is 18.0 Å². The van der Waals surface area contributed by atoms with Gasteiger partial charge in [-0.1, -0.05) is 139 Å². The summed E-state index contributed by atoms with van der Waals surface area (Å²) in [6.07, 6.45) is 26.6. The fourth-order valence-corrected chi connectivity index (χ4v) is 9.61. The van der Waals surface area contributed by atoms with Gasteiger partial charge < -0.3 is 30.0 Å². The zero-order valence-corrected chi connectivity index (χ0v) is 39.1. The number of rotatable bonds is 20. The van der Waals surface area contributed by atoms with Gasteiger partial charge in [-0.15, -0.1) is 0 Å². The zero-order chi connectivity index (χ0) is 46.7. The van der Waals surface area contributed by atoms with Crippen LogP contribution in [0.4, 0.5) is 0 Å². The maximum atomic E-state index is 10.7. The number of benzene rings is 4. The molecule has 0 unspecified atom stereocenters. The Bertz CT molecular complexity index is 3040. The third-order valence-electron chi connectivity index (χ3n) is 13.1. The number of H-pyrrole nitrogens is 2. The maximum absolute atomic E-state index is 10.7. The van der Waals surface area contributed by atoms with Crippen LogP contribution in [-0.4, -0.2) is 41.9 Å². The molecular weight excluding hydrogens is 841 g/mol. The molecule has 0 spiro atoms. The van der Waals surface area contributed by atoms with E-state index in [1.165, 1.54) is 83.5 Å². The summed E-state index contributed by atoms with van der Waals surface area (Å²) in [4.78, 5) is 18.1. The molecule has 0 amide bonds. The fourth-order valence-electron chi connectivity index (χ4n) is 9.61. The van der Waals surface area contributed by atoms with Crippen molar-refractivity contribution < 1.29 is 20.1 Å². The molecule has 2 aliphatic rings. The number of unbranched alkanes of at least 4 members (excludes halogenated alkanes) is 13. The van der Waals surface area contributed by atoms with E-state index in [2.05, 4.69) is 41.2 Å². The zero-order valence-electron chi connectivity index (χ0n) is 39.1. The summed E-state index contributed by atoms with van der Waals surface area (Å²) < 4.78 is 6.28. The Morgan fingerprint density at radius 3 is 1.07 bits per heavy atom. The van der Waals surface area contributed by atoms with Crippen molar-refractivity contribution in [3.63, 3.8) is 0 Å². The van der Waals surface area contributed by atoms with E-state index < -0.39 is 0 Å². The summed E-state index contributed by atoms with van der Waals surface area (Å²) in [5.74, 6) is 1.28. The smallest absolute Gasteiger partial charge is 0.119 e. The van der Waals surface area contributed by atoms with Gasteiger partial charge in [0, 0.05) is 44.3 Å². The summed E-state index contributed by atoms with van der Waals surface area (Å²) in [5.41, 5.74) is 12.8. The van der Waals surface area contributed by atoms with Gasteiger partial charge in [-0.05, 0) is 126 Å². The lowest BCUT2D eigenvalue weighted by Gasteiger charge is -2.09.